The molecule has 0 unspecified atom stereocenters. The third-order valence-electron chi connectivity index (χ3n) is 3.94. The Morgan fingerprint density at radius 3 is 2.64 bits per heavy atom. The standard InChI is InChI=1S/C18H22N4O2S/c1-3-13-25(23,24)20-11-12-22-17(15-8-6-14(2)7-9-15)21-16-5-4-10-19-18(16)22/h4-10,20H,3,11-13H2,1-2H3. The molecule has 0 radical (unpaired) electrons. The van der Waals surface area contributed by atoms with Crippen LogP contribution in [0.5, 0.6) is 0 Å². The van der Waals surface area contributed by atoms with Gasteiger partial charge in [-0.15, -0.1) is 0 Å². The number of benzene rings is 1. The molecule has 0 aliphatic rings. The molecular weight excluding hydrogens is 336 g/mol. The number of imidazole rings is 1. The number of hydrogen-bond donors (Lipinski definition) is 1. The van der Waals surface area contributed by atoms with Gasteiger partial charge in [0.15, 0.2) is 5.65 Å². The van der Waals surface area contributed by atoms with E-state index in [-0.39, 0.29) is 5.75 Å². The van der Waals surface area contributed by atoms with Crippen LogP contribution in [0.3, 0.4) is 0 Å². The molecule has 132 valence electrons. The van der Waals surface area contributed by atoms with Gasteiger partial charge in [0.2, 0.25) is 10.0 Å². The molecular formula is C18H22N4O2S. The van der Waals surface area contributed by atoms with Crippen molar-refractivity contribution in [3.63, 3.8) is 0 Å². The molecule has 0 fully saturated rings. The summed E-state index contributed by atoms with van der Waals surface area (Å²) in [5.41, 5.74) is 3.72. The van der Waals surface area contributed by atoms with Crippen molar-refractivity contribution in [1.29, 1.82) is 0 Å². The molecule has 0 saturated carbocycles. The van der Waals surface area contributed by atoms with Crippen LogP contribution in [0.15, 0.2) is 42.6 Å². The second kappa shape index (κ2) is 7.33. The molecule has 3 aromatic rings. The van der Waals surface area contributed by atoms with Crippen LogP contribution >= 0.6 is 0 Å². The molecule has 0 aliphatic carbocycles. The molecule has 0 bridgehead atoms. The molecule has 7 heteroatoms. The van der Waals surface area contributed by atoms with Crippen LogP contribution in [0.1, 0.15) is 18.9 Å². The van der Waals surface area contributed by atoms with Gasteiger partial charge in [0.1, 0.15) is 11.3 Å². The van der Waals surface area contributed by atoms with E-state index < -0.39 is 10.0 Å². The summed E-state index contributed by atoms with van der Waals surface area (Å²) in [6.45, 7) is 4.67. The smallest absolute Gasteiger partial charge is 0.211 e. The minimum atomic E-state index is -3.23. The molecule has 0 amide bonds. The van der Waals surface area contributed by atoms with E-state index in [2.05, 4.69) is 14.7 Å². The van der Waals surface area contributed by atoms with Crippen molar-refractivity contribution in [1.82, 2.24) is 19.3 Å². The van der Waals surface area contributed by atoms with E-state index in [9.17, 15) is 8.42 Å². The van der Waals surface area contributed by atoms with Crippen LogP contribution in [-0.4, -0.2) is 35.3 Å². The molecule has 25 heavy (non-hydrogen) atoms. The van der Waals surface area contributed by atoms with Crippen LogP contribution in [0.2, 0.25) is 0 Å². The third kappa shape index (κ3) is 4.05. The number of sulfonamides is 1. The van der Waals surface area contributed by atoms with Crippen LogP contribution in [0.25, 0.3) is 22.6 Å². The summed E-state index contributed by atoms with van der Waals surface area (Å²) in [5, 5.41) is 0. The fraction of sp³-hybridized carbons (Fsp3) is 0.333. The molecule has 0 atom stereocenters. The number of nitrogens with one attached hydrogen (secondary N) is 1. The lowest BCUT2D eigenvalue weighted by Gasteiger charge is -2.10. The predicted octanol–water partition coefficient (Wildman–Crippen LogP) is 2.74. The highest BCUT2D eigenvalue weighted by atomic mass is 32.2. The van der Waals surface area contributed by atoms with Gasteiger partial charge in [-0.05, 0) is 25.5 Å². The first-order valence-corrected chi connectivity index (χ1v) is 10.0. The van der Waals surface area contributed by atoms with Gasteiger partial charge in [-0.3, -0.25) is 0 Å². The fourth-order valence-electron chi connectivity index (χ4n) is 2.75. The quantitative estimate of drug-likeness (QED) is 0.704. The Morgan fingerprint density at radius 2 is 1.92 bits per heavy atom. The lowest BCUT2D eigenvalue weighted by molar-refractivity contribution is 0.573. The van der Waals surface area contributed by atoms with Gasteiger partial charge in [-0.25, -0.2) is 23.1 Å². The highest BCUT2D eigenvalue weighted by molar-refractivity contribution is 7.89. The van der Waals surface area contributed by atoms with E-state index in [1.165, 1.54) is 5.56 Å². The van der Waals surface area contributed by atoms with Crippen LogP contribution in [0, 0.1) is 6.92 Å². The maximum absolute atomic E-state index is 11.9. The molecule has 1 aromatic carbocycles. The van der Waals surface area contributed by atoms with Gasteiger partial charge in [0.25, 0.3) is 0 Å². The number of nitrogens with zero attached hydrogens (tertiary/aromatic N) is 3. The molecule has 0 saturated heterocycles. The molecule has 6 nitrogen and oxygen atoms in total. The number of hydrogen-bond acceptors (Lipinski definition) is 4. The van der Waals surface area contributed by atoms with Crippen LogP contribution < -0.4 is 4.72 Å². The van der Waals surface area contributed by atoms with Crippen molar-refractivity contribution >= 4 is 21.2 Å². The Hall–Kier alpha value is -2.25. The van der Waals surface area contributed by atoms with Gasteiger partial charge >= 0.3 is 0 Å². The average Bonchev–Trinajstić information content (AvgIpc) is 2.94. The Kier molecular flexibility index (Phi) is 5.15. The minimum Gasteiger partial charge on any atom is -0.307 e. The largest absolute Gasteiger partial charge is 0.307 e. The zero-order chi connectivity index (χ0) is 17.9. The Balaban J connectivity index is 1.92. The Bertz CT molecular complexity index is 962. The monoisotopic (exact) mass is 358 g/mol. The van der Waals surface area contributed by atoms with Crippen LogP contribution in [0.4, 0.5) is 0 Å². The summed E-state index contributed by atoms with van der Waals surface area (Å²) in [5.74, 6) is 0.934. The van der Waals surface area contributed by atoms with E-state index in [1.54, 1.807) is 6.20 Å². The average molecular weight is 358 g/mol. The number of aryl methyl sites for hydroxylation is 1. The number of fused-ring (bicyclic) bond motifs is 1. The van der Waals surface area contributed by atoms with Crippen LogP contribution in [-0.2, 0) is 16.6 Å². The normalized spacial score (nSPS) is 11.9. The highest BCUT2D eigenvalue weighted by Gasteiger charge is 2.14. The van der Waals surface area contributed by atoms with Crippen molar-refractivity contribution in [2.75, 3.05) is 12.3 Å². The second-order valence-corrected chi connectivity index (χ2v) is 7.94. The summed E-state index contributed by atoms with van der Waals surface area (Å²) < 4.78 is 28.3. The van der Waals surface area contributed by atoms with Gasteiger partial charge in [0, 0.05) is 24.8 Å². The summed E-state index contributed by atoms with van der Waals surface area (Å²) in [6, 6.07) is 11.9. The second-order valence-electron chi connectivity index (χ2n) is 6.01. The Labute approximate surface area is 148 Å². The fourth-order valence-corrected chi connectivity index (χ4v) is 3.83. The number of rotatable bonds is 7. The van der Waals surface area contributed by atoms with E-state index >= 15 is 0 Å². The molecule has 2 heterocycles. The van der Waals surface area contributed by atoms with E-state index in [4.69, 9.17) is 0 Å². The van der Waals surface area contributed by atoms with Crippen molar-refractivity contribution in [3.05, 3.63) is 48.2 Å². The summed E-state index contributed by atoms with van der Waals surface area (Å²) >= 11 is 0. The lowest BCUT2D eigenvalue weighted by atomic mass is 10.1. The summed E-state index contributed by atoms with van der Waals surface area (Å²) in [7, 11) is -3.23. The molecule has 0 spiro atoms. The van der Waals surface area contributed by atoms with Gasteiger partial charge in [0.05, 0.1) is 5.75 Å². The first-order valence-electron chi connectivity index (χ1n) is 8.36. The third-order valence-corrected chi connectivity index (χ3v) is 5.53. The topological polar surface area (TPSA) is 76.9 Å². The lowest BCUT2D eigenvalue weighted by Crippen LogP contribution is -2.29. The molecule has 2 aromatic heterocycles. The summed E-state index contributed by atoms with van der Waals surface area (Å²) in [6.07, 6.45) is 2.32. The number of pyridine rings is 1. The highest BCUT2D eigenvalue weighted by Crippen LogP contribution is 2.23. The van der Waals surface area contributed by atoms with E-state index in [1.807, 2.05) is 54.8 Å². The Morgan fingerprint density at radius 1 is 1.16 bits per heavy atom. The van der Waals surface area contributed by atoms with Gasteiger partial charge in [-0.2, -0.15) is 0 Å². The molecule has 1 N–H and O–H groups in total. The predicted molar refractivity (Wildman–Crippen MR) is 99.8 cm³/mol. The van der Waals surface area contributed by atoms with Gasteiger partial charge in [-0.1, -0.05) is 36.8 Å². The summed E-state index contributed by atoms with van der Waals surface area (Å²) in [4.78, 5) is 9.11. The molecule has 0 aliphatic heterocycles. The minimum absolute atomic E-state index is 0.140. The first-order chi connectivity index (χ1) is 12.0. The maximum Gasteiger partial charge on any atom is 0.211 e. The van der Waals surface area contributed by atoms with E-state index in [0.717, 1.165) is 22.6 Å². The van der Waals surface area contributed by atoms with Crippen molar-refractivity contribution in [2.24, 2.45) is 0 Å². The van der Waals surface area contributed by atoms with Crippen molar-refractivity contribution in [2.45, 2.75) is 26.8 Å². The zero-order valence-corrected chi connectivity index (χ0v) is 15.3. The van der Waals surface area contributed by atoms with E-state index in [0.29, 0.717) is 19.5 Å². The maximum atomic E-state index is 11.9. The number of aromatic nitrogens is 3. The van der Waals surface area contributed by atoms with Crippen molar-refractivity contribution in [3.8, 4) is 11.4 Å². The zero-order valence-electron chi connectivity index (χ0n) is 14.4. The molecule has 3 rings (SSSR count). The SMILES string of the molecule is CCCS(=O)(=O)NCCn1c(-c2ccc(C)cc2)nc2cccnc21. The van der Waals surface area contributed by atoms with Gasteiger partial charge < -0.3 is 4.57 Å². The first kappa shape index (κ1) is 17.6. The van der Waals surface area contributed by atoms with Crippen molar-refractivity contribution < 1.29 is 8.42 Å².